The molecule has 2 heterocycles. The van der Waals surface area contributed by atoms with Crippen molar-refractivity contribution in [2.45, 2.75) is 31.7 Å². The van der Waals surface area contributed by atoms with Gasteiger partial charge in [-0.25, -0.2) is 9.67 Å². The molecule has 0 aliphatic heterocycles. The summed E-state index contributed by atoms with van der Waals surface area (Å²) in [5.74, 6) is -7.78. The smallest absolute Gasteiger partial charge is 0.399 e. The minimum Gasteiger partial charge on any atom is -0.399 e. The van der Waals surface area contributed by atoms with Gasteiger partial charge in [-0.15, -0.1) is 5.10 Å². The van der Waals surface area contributed by atoms with Gasteiger partial charge in [0.1, 0.15) is 5.69 Å². The number of hydrogen-bond donors (Lipinski definition) is 1. The van der Waals surface area contributed by atoms with Gasteiger partial charge in [-0.2, -0.15) is 35.1 Å². The summed E-state index contributed by atoms with van der Waals surface area (Å²) in [6.45, 7) is 1.35. The van der Waals surface area contributed by atoms with Gasteiger partial charge in [0.2, 0.25) is 5.82 Å². The van der Waals surface area contributed by atoms with Gasteiger partial charge >= 0.3 is 18.3 Å². The van der Waals surface area contributed by atoms with Crippen LogP contribution in [0.25, 0.3) is 11.5 Å². The van der Waals surface area contributed by atoms with E-state index < -0.39 is 35.5 Å². The number of pyridine rings is 1. The Bertz CT molecular complexity index is 1080. The zero-order valence-corrected chi connectivity index (χ0v) is 15.6. The van der Waals surface area contributed by atoms with Gasteiger partial charge in [0.05, 0.1) is 12.1 Å². The lowest BCUT2D eigenvalue weighted by Crippen LogP contribution is -2.35. The fourth-order valence-electron chi connectivity index (χ4n) is 2.60. The van der Waals surface area contributed by atoms with E-state index in [9.17, 15) is 35.1 Å². The fraction of sp³-hybridized carbons (Fsp3) is 0.278. The molecule has 5 nitrogen and oxygen atoms in total. The van der Waals surface area contributed by atoms with E-state index in [4.69, 9.17) is 5.73 Å². The van der Waals surface area contributed by atoms with Crippen LogP contribution in [0.2, 0.25) is 0 Å². The first-order valence-corrected chi connectivity index (χ1v) is 8.48. The molecule has 0 radical (unpaired) electrons. The van der Waals surface area contributed by atoms with Crippen LogP contribution in [0.3, 0.4) is 0 Å². The number of aryl methyl sites for hydroxylation is 1. The lowest BCUT2D eigenvalue weighted by molar-refractivity contribution is -0.292. The molecule has 0 saturated heterocycles. The molecule has 2 aromatic heterocycles. The van der Waals surface area contributed by atoms with Crippen molar-refractivity contribution in [2.24, 2.45) is 0 Å². The molecule has 0 bridgehead atoms. The minimum absolute atomic E-state index is 0.305. The van der Waals surface area contributed by atoms with Crippen molar-refractivity contribution in [1.29, 1.82) is 0 Å². The topological polar surface area (TPSA) is 69.6 Å². The Labute approximate surface area is 169 Å². The number of nitrogens with two attached hydrogens (primary N) is 1. The summed E-state index contributed by atoms with van der Waals surface area (Å²) in [6.07, 6.45) is -10.3. The van der Waals surface area contributed by atoms with E-state index in [1.165, 1.54) is 12.1 Å². The zero-order valence-electron chi connectivity index (χ0n) is 15.6. The Kier molecular flexibility index (Phi) is 5.40. The molecule has 166 valence electrons. The van der Waals surface area contributed by atoms with Crippen LogP contribution in [0.1, 0.15) is 22.5 Å². The number of anilines is 1. The van der Waals surface area contributed by atoms with Crippen LogP contribution in [0.15, 0.2) is 36.5 Å². The average Bonchev–Trinajstić information content (AvgIpc) is 3.08. The number of benzene rings is 1. The van der Waals surface area contributed by atoms with Gasteiger partial charge in [-0.3, -0.25) is 4.98 Å². The van der Waals surface area contributed by atoms with Gasteiger partial charge in [0, 0.05) is 11.9 Å². The van der Waals surface area contributed by atoms with Crippen LogP contribution in [-0.2, 0) is 18.6 Å². The van der Waals surface area contributed by atoms with Gasteiger partial charge in [0.15, 0.2) is 5.82 Å². The summed E-state index contributed by atoms with van der Waals surface area (Å²) in [7, 11) is 0. The molecule has 3 rings (SSSR count). The summed E-state index contributed by atoms with van der Waals surface area (Å²) >= 11 is 0. The molecule has 2 N–H and O–H groups in total. The molecule has 3 aromatic rings. The third kappa shape index (κ3) is 4.44. The first-order valence-electron chi connectivity index (χ1n) is 8.48. The van der Waals surface area contributed by atoms with Crippen LogP contribution in [0.5, 0.6) is 0 Å². The van der Waals surface area contributed by atoms with Crippen LogP contribution in [0, 0.1) is 6.92 Å². The summed E-state index contributed by atoms with van der Waals surface area (Å²) in [5, 5.41) is 3.29. The van der Waals surface area contributed by atoms with E-state index in [2.05, 4.69) is 15.1 Å². The van der Waals surface area contributed by atoms with Crippen molar-refractivity contribution in [3.05, 3.63) is 59.0 Å². The highest BCUT2D eigenvalue weighted by Gasteiger charge is 2.62. The maximum atomic E-state index is 13.8. The Balaban J connectivity index is 2.10. The van der Waals surface area contributed by atoms with Crippen molar-refractivity contribution in [3.63, 3.8) is 0 Å². The normalized spacial score (nSPS) is 12.9. The quantitative estimate of drug-likeness (QED) is 0.450. The molecule has 0 aliphatic carbocycles. The maximum absolute atomic E-state index is 13.8. The van der Waals surface area contributed by atoms with E-state index in [0.717, 1.165) is 10.7 Å². The Hall–Kier alpha value is -3.25. The van der Waals surface area contributed by atoms with E-state index >= 15 is 0 Å². The standard InChI is InChI=1S/C18H13F8N5/c1-9-6-10(2-4-12(9)27)8-31-14(13-5-3-11(7-28-13)17(21,22)23)29-15(30-31)16(19,20)18(24,25)26/h2-7H,8,27H2,1H3. The van der Waals surface area contributed by atoms with Gasteiger partial charge in [-0.05, 0) is 36.2 Å². The molecule has 1 aromatic carbocycles. The first-order chi connectivity index (χ1) is 14.2. The molecule has 0 fully saturated rings. The Morgan fingerprint density at radius 3 is 2.16 bits per heavy atom. The number of rotatable bonds is 4. The zero-order chi connectivity index (χ0) is 23.2. The fourth-order valence-corrected chi connectivity index (χ4v) is 2.60. The molecule has 13 heteroatoms. The summed E-state index contributed by atoms with van der Waals surface area (Å²) in [6, 6.07) is 5.98. The van der Waals surface area contributed by atoms with Gasteiger partial charge in [0.25, 0.3) is 0 Å². The molecular weight excluding hydrogens is 438 g/mol. The molecule has 31 heavy (non-hydrogen) atoms. The lowest BCUT2D eigenvalue weighted by atomic mass is 10.1. The van der Waals surface area contributed by atoms with Gasteiger partial charge < -0.3 is 5.73 Å². The molecular formula is C18H13F8N5. The van der Waals surface area contributed by atoms with E-state index in [1.54, 1.807) is 13.0 Å². The number of nitrogens with zero attached hydrogens (tertiary/aromatic N) is 4. The van der Waals surface area contributed by atoms with Crippen LogP contribution >= 0.6 is 0 Å². The monoisotopic (exact) mass is 451 g/mol. The van der Waals surface area contributed by atoms with E-state index in [1.807, 2.05) is 0 Å². The molecule has 0 aliphatic rings. The SMILES string of the molecule is Cc1cc(Cn2nc(C(F)(F)C(F)(F)F)nc2-c2ccc(C(F)(F)F)cn2)ccc1N. The second-order valence-electron chi connectivity index (χ2n) is 6.61. The Morgan fingerprint density at radius 1 is 0.968 bits per heavy atom. The lowest BCUT2D eigenvalue weighted by Gasteiger charge is -2.15. The van der Waals surface area contributed by atoms with E-state index in [0.29, 0.717) is 29.1 Å². The second kappa shape index (κ2) is 7.46. The molecule has 0 unspecified atom stereocenters. The second-order valence-corrected chi connectivity index (χ2v) is 6.61. The average molecular weight is 451 g/mol. The highest BCUT2D eigenvalue weighted by Crippen LogP contribution is 2.43. The predicted molar refractivity (Wildman–Crippen MR) is 92.9 cm³/mol. The molecule has 0 amide bonds. The van der Waals surface area contributed by atoms with Crippen molar-refractivity contribution in [1.82, 2.24) is 19.7 Å². The number of hydrogen-bond acceptors (Lipinski definition) is 4. The highest BCUT2D eigenvalue weighted by molar-refractivity contribution is 5.51. The minimum atomic E-state index is -5.97. The van der Waals surface area contributed by atoms with Crippen molar-refractivity contribution >= 4 is 5.69 Å². The summed E-state index contributed by atoms with van der Waals surface area (Å²) in [4.78, 5) is 6.78. The summed E-state index contributed by atoms with van der Waals surface area (Å²) in [5.41, 5.74) is 5.69. The van der Waals surface area contributed by atoms with Crippen LogP contribution < -0.4 is 5.73 Å². The largest absolute Gasteiger partial charge is 0.461 e. The molecule has 0 saturated carbocycles. The number of nitrogen functional groups attached to an aromatic ring is 1. The van der Waals surface area contributed by atoms with Crippen LogP contribution in [0.4, 0.5) is 40.8 Å². The Morgan fingerprint density at radius 2 is 1.65 bits per heavy atom. The van der Waals surface area contributed by atoms with Crippen molar-refractivity contribution < 1.29 is 35.1 Å². The third-order valence-electron chi connectivity index (χ3n) is 4.30. The van der Waals surface area contributed by atoms with Crippen LogP contribution in [-0.4, -0.2) is 25.9 Å². The van der Waals surface area contributed by atoms with Crippen molar-refractivity contribution in [3.8, 4) is 11.5 Å². The predicted octanol–water partition coefficient (Wildman–Crippen LogP) is 4.95. The van der Waals surface area contributed by atoms with E-state index in [-0.39, 0.29) is 12.2 Å². The number of aromatic nitrogens is 4. The first kappa shape index (κ1) is 22.4. The number of alkyl halides is 8. The van der Waals surface area contributed by atoms with Gasteiger partial charge in [-0.1, -0.05) is 12.1 Å². The summed E-state index contributed by atoms with van der Waals surface area (Å²) < 4.78 is 105. The molecule has 0 spiro atoms. The maximum Gasteiger partial charge on any atom is 0.461 e. The number of halogens is 8. The highest BCUT2D eigenvalue weighted by atomic mass is 19.4. The molecule has 0 atom stereocenters. The third-order valence-corrected chi connectivity index (χ3v) is 4.30. The van der Waals surface area contributed by atoms with Crippen molar-refractivity contribution in [2.75, 3.05) is 5.73 Å².